The fourth-order valence-electron chi connectivity index (χ4n) is 2.38. The minimum Gasteiger partial charge on any atom is -0.357 e. The van der Waals surface area contributed by atoms with Gasteiger partial charge < -0.3 is 10.6 Å². The van der Waals surface area contributed by atoms with Gasteiger partial charge in [-0.25, -0.2) is 8.42 Å². The Labute approximate surface area is 129 Å². The van der Waals surface area contributed by atoms with Crippen molar-refractivity contribution in [1.29, 1.82) is 0 Å². The number of aliphatic imine (C=N–C) groups is 1. The van der Waals surface area contributed by atoms with E-state index in [1.165, 1.54) is 12.8 Å². The molecule has 0 aliphatic carbocycles. The van der Waals surface area contributed by atoms with E-state index in [0.717, 1.165) is 25.5 Å². The van der Waals surface area contributed by atoms with Gasteiger partial charge in [-0.05, 0) is 31.6 Å². The zero-order valence-electron chi connectivity index (χ0n) is 13.9. The SMILES string of the molecule is CCNC(=NCCCCC(C)(C)C)NC1CCS(=O)(=O)C1. The maximum atomic E-state index is 11.5. The number of hydrogen-bond donors (Lipinski definition) is 2. The summed E-state index contributed by atoms with van der Waals surface area (Å²) in [6.45, 7) is 10.3. The molecular formula is C15H31N3O2S. The molecule has 5 nitrogen and oxygen atoms in total. The predicted octanol–water partition coefficient (Wildman–Crippen LogP) is 1.95. The van der Waals surface area contributed by atoms with Crippen molar-refractivity contribution in [2.24, 2.45) is 10.4 Å². The lowest BCUT2D eigenvalue weighted by atomic mass is 9.90. The molecule has 0 aromatic carbocycles. The van der Waals surface area contributed by atoms with Crippen molar-refractivity contribution in [3.63, 3.8) is 0 Å². The topological polar surface area (TPSA) is 70.6 Å². The van der Waals surface area contributed by atoms with E-state index in [1.54, 1.807) is 0 Å². The van der Waals surface area contributed by atoms with Crippen LogP contribution in [0.25, 0.3) is 0 Å². The first-order chi connectivity index (χ1) is 9.72. The van der Waals surface area contributed by atoms with Crippen LogP contribution in [0.4, 0.5) is 0 Å². The fourth-order valence-corrected chi connectivity index (χ4v) is 4.05. The normalized spacial score (nSPS) is 22.3. The number of nitrogens with one attached hydrogen (secondary N) is 2. The molecule has 2 N–H and O–H groups in total. The first-order valence-electron chi connectivity index (χ1n) is 7.97. The number of guanidine groups is 1. The standard InChI is InChI=1S/C15H31N3O2S/c1-5-16-14(17-10-7-6-9-15(2,3)4)18-13-8-11-21(19,20)12-13/h13H,5-12H2,1-4H3,(H2,16,17,18). The van der Waals surface area contributed by atoms with Crippen molar-refractivity contribution in [2.45, 2.75) is 59.4 Å². The molecule has 0 amide bonds. The molecule has 1 atom stereocenters. The Morgan fingerprint density at radius 1 is 1.29 bits per heavy atom. The van der Waals surface area contributed by atoms with Gasteiger partial charge in [0.2, 0.25) is 0 Å². The van der Waals surface area contributed by atoms with Gasteiger partial charge in [-0.2, -0.15) is 0 Å². The maximum absolute atomic E-state index is 11.5. The minimum atomic E-state index is -2.85. The molecule has 0 aromatic heterocycles. The van der Waals surface area contributed by atoms with Crippen LogP contribution in [0.5, 0.6) is 0 Å². The molecule has 1 saturated heterocycles. The van der Waals surface area contributed by atoms with Crippen LogP contribution in [0, 0.1) is 5.41 Å². The van der Waals surface area contributed by atoms with E-state index >= 15 is 0 Å². The van der Waals surface area contributed by atoms with Gasteiger partial charge in [0.15, 0.2) is 15.8 Å². The smallest absolute Gasteiger partial charge is 0.191 e. The van der Waals surface area contributed by atoms with Gasteiger partial charge in [0.25, 0.3) is 0 Å². The van der Waals surface area contributed by atoms with Crippen molar-refractivity contribution < 1.29 is 8.42 Å². The summed E-state index contributed by atoms with van der Waals surface area (Å²) in [4.78, 5) is 4.54. The second-order valence-corrected chi connectivity index (χ2v) is 9.25. The van der Waals surface area contributed by atoms with Crippen LogP contribution in [-0.4, -0.2) is 45.0 Å². The molecule has 1 aliphatic heterocycles. The molecule has 21 heavy (non-hydrogen) atoms. The number of sulfone groups is 1. The van der Waals surface area contributed by atoms with Crippen molar-refractivity contribution >= 4 is 15.8 Å². The molecule has 1 fully saturated rings. The highest BCUT2D eigenvalue weighted by Gasteiger charge is 2.28. The van der Waals surface area contributed by atoms with Crippen molar-refractivity contribution in [3.8, 4) is 0 Å². The predicted molar refractivity (Wildman–Crippen MR) is 89.5 cm³/mol. The molecule has 0 bridgehead atoms. The molecule has 1 heterocycles. The molecule has 0 radical (unpaired) electrons. The summed E-state index contributed by atoms with van der Waals surface area (Å²) in [5.74, 6) is 1.26. The zero-order valence-corrected chi connectivity index (χ0v) is 14.7. The summed E-state index contributed by atoms with van der Waals surface area (Å²) >= 11 is 0. The molecule has 124 valence electrons. The number of unbranched alkanes of at least 4 members (excludes halogenated alkanes) is 1. The van der Waals surface area contributed by atoms with Crippen LogP contribution in [0.15, 0.2) is 4.99 Å². The van der Waals surface area contributed by atoms with Gasteiger partial charge in [-0.15, -0.1) is 0 Å². The largest absolute Gasteiger partial charge is 0.357 e. The number of hydrogen-bond acceptors (Lipinski definition) is 3. The molecule has 6 heteroatoms. The van der Waals surface area contributed by atoms with Crippen LogP contribution in [-0.2, 0) is 9.84 Å². The van der Waals surface area contributed by atoms with E-state index < -0.39 is 9.84 Å². The molecule has 1 unspecified atom stereocenters. The first-order valence-corrected chi connectivity index (χ1v) is 9.79. The second-order valence-electron chi connectivity index (χ2n) is 7.02. The van der Waals surface area contributed by atoms with E-state index in [2.05, 4.69) is 36.4 Å². The Bertz CT molecular complexity index is 438. The Hall–Kier alpha value is -0.780. The number of nitrogens with zero attached hydrogens (tertiary/aromatic N) is 1. The number of rotatable bonds is 6. The van der Waals surface area contributed by atoms with Gasteiger partial charge in [0.1, 0.15) is 0 Å². The quantitative estimate of drug-likeness (QED) is 0.446. The summed E-state index contributed by atoms with van der Waals surface area (Å²) in [5.41, 5.74) is 0.380. The highest BCUT2D eigenvalue weighted by molar-refractivity contribution is 7.91. The Morgan fingerprint density at radius 2 is 2.00 bits per heavy atom. The third kappa shape index (κ3) is 8.29. The van der Waals surface area contributed by atoms with Gasteiger partial charge in [-0.3, -0.25) is 4.99 Å². The third-order valence-corrected chi connectivity index (χ3v) is 5.29. The van der Waals surface area contributed by atoms with Crippen LogP contribution in [0.3, 0.4) is 0 Å². The Kier molecular flexibility index (Phi) is 6.97. The van der Waals surface area contributed by atoms with Crippen LogP contribution in [0.1, 0.15) is 53.4 Å². The summed E-state index contributed by atoms with van der Waals surface area (Å²) in [6.07, 6.45) is 4.12. The van der Waals surface area contributed by atoms with Crippen molar-refractivity contribution in [2.75, 3.05) is 24.6 Å². The second kappa shape index (κ2) is 8.01. The van der Waals surface area contributed by atoms with Gasteiger partial charge in [-0.1, -0.05) is 27.2 Å². The molecule has 0 saturated carbocycles. The van der Waals surface area contributed by atoms with Gasteiger partial charge in [0.05, 0.1) is 11.5 Å². The van der Waals surface area contributed by atoms with Crippen LogP contribution >= 0.6 is 0 Å². The van der Waals surface area contributed by atoms with Gasteiger partial charge >= 0.3 is 0 Å². The molecular weight excluding hydrogens is 286 g/mol. The minimum absolute atomic E-state index is 0.00220. The van der Waals surface area contributed by atoms with E-state index in [9.17, 15) is 8.42 Å². The Morgan fingerprint density at radius 3 is 2.52 bits per heavy atom. The molecule has 1 rings (SSSR count). The lowest BCUT2D eigenvalue weighted by Gasteiger charge is -2.18. The van der Waals surface area contributed by atoms with E-state index in [0.29, 0.717) is 11.8 Å². The van der Waals surface area contributed by atoms with Crippen molar-refractivity contribution in [1.82, 2.24) is 10.6 Å². The van der Waals surface area contributed by atoms with E-state index in [1.807, 2.05) is 6.92 Å². The highest BCUT2D eigenvalue weighted by Crippen LogP contribution is 2.21. The monoisotopic (exact) mass is 317 g/mol. The summed E-state index contributed by atoms with van der Waals surface area (Å²) in [5, 5.41) is 6.43. The summed E-state index contributed by atoms with van der Waals surface area (Å²) in [6, 6.07) is 0.00220. The lowest BCUT2D eigenvalue weighted by molar-refractivity contribution is 0.361. The summed E-state index contributed by atoms with van der Waals surface area (Å²) in [7, 11) is -2.85. The molecule has 0 aromatic rings. The highest BCUT2D eigenvalue weighted by atomic mass is 32.2. The third-order valence-electron chi connectivity index (χ3n) is 3.52. The van der Waals surface area contributed by atoms with Crippen LogP contribution in [0.2, 0.25) is 0 Å². The van der Waals surface area contributed by atoms with Crippen molar-refractivity contribution in [3.05, 3.63) is 0 Å². The maximum Gasteiger partial charge on any atom is 0.191 e. The lowest BCUT2D eigenvalue weighted by Crippen LogP contribution is -2.44. The fraction of sp³-hybridized carbons (Fsp3) is 0.933. The average Bonchev–Trinajstić information content (AvgIpc) is 2.67. The average molecular weight is 317 g/mol. The summed E-state index contributed by atoms with van der Waals surface area (Å²) < 4.78 is 22.9. The molecule has 0 spiro atoms. The van der Waals surface area contributed by atoms with E-state index in [4.69, 9.17) is 0 Å². The van der Waals surface area contributed by atoms with Crippen LogP contribution < -0.4 is 10.6 Å². The van der Waals surface area contributed by atoms with E-state index in [-0.39, 0.29) is 17.5 Å². The zero-order chi connectivity index (χ0) is 15.9. The Balaban J connectivity index is 2.36. The molecule has 1 aliphatic rings. The first kappa shape index (κ1) is 18.3. The van der Waals surface area contributed by atoms with Gasteiger partial charge in [0, 0.05) is 19.1 Å².